The molecule has 6 heteroatoms. The maximum absolute atomic E-state index is 13.0. The van der Waals surface area contributed by atoms with E-state index >= 15 is 0 Å². The van der Waals surface area contributed by atoms with Crippen LogP contribution < -0.4 is 11.3 Å². The van der Waals surface area contributed by atoms with Gasteiger partial charge in [-0.2, -0.15) is 0 Å². The van der Waals surface area contributed by atoms with Crippen LogP contribution in [0.3, 0.4) is 0 Å². The summed E-state index contributed by atoms with van der Waals surface area (Å²) in [7, 11) is 0. The van der Waals surface area contributed by atoms with Gasteiger partial charge in [0.1, 0.15) is 5.82 Å². The van der Waals surface area contributed by atoms with E-state index in [1.165, 1.54) is 12.3 Å². The average molecular weight is 289 g/mol. The van der Waals surface area contributed by atoms with Gasteiger partial charge >= 0.3 is 0 Å². The molecule has 0 bridgehead atoms. The fourth-order valence-electron chi connectivity index (χ4n) is 1.71. The minimum Gasteiger partial charge on any atom is -0.453 e. The van der Waals surface area contributed by atoms with Crippen molar-refractivity contribution in [1.29, 1.82) is 0 Å². The van der Waals surface area contributed by atoms with Crippen molar-refractivity contribution in [3.8, 4) is 0 Å². The molecule has 18 heavy (non-hydrogen) atoms. The second-order valence-corrected chi connectivity index (χ2v) is 4.57. The molecule has 1 aromatic heterocycles. The van der Waals surface area contributed by atoms with Gasteiger partial charge in [-0.25, -0.2) is 4.39 Å². The van der Waals surface area contributed by atoms with Crippen molar-refractivity contribution in [3.63, 3.8) is 0 Å². The number of nitrogens with one attached hydrogen (secondary N) is 1. The Morgan fingerprint density at radius 1 is 1.33 bits per heavy atom. The van der Waals surface area contributed by atoms with E-state index in [0.29, 0.717) is 6.42 Å². The summed E-state index contributed by atoms with van der Waals surface area (Å²) >= 11 is 11.6. The first-order valence-electron chi connectivity index (χ1n) is 5.24. The maximum Gasteiger partial charge on any atom is 0.197 e. The van der Waals surface area contributed by atoms with Crippen LogP contribution in [0.15, 0.2) is 34.9 Å². The average Bonchev–Trinajstić information content (AvgIpc) is 2.77. The summed E-state index contributed by atoms with van der Waals surface area (Å²) in [5, 5.41) is 0.368. The molecule has 0 spiro atoms. The lowest BCUT2D eigenvalue weighted by Crippen LogP contribution is -2.29. The molecule has 3 N–H and O–H groups in total. The molecular weight excluding hydrogens is 278 g/mol. The van der Waals surface area contributed by atoms with Gasteiger partial charge in [-0.1, -0.05) is 17.7 Å². The summed E-state index contributed by atoms with van der Waals surface area (Å²) in [5.74, 6) is 5.05. The fourth-order valence-corrected chi connectivity index (χ4v) is 2.16. The highest BCUT2D eigenvalue weighted by atomic mass is 35.5. The molecule has 0 saturated heterocycles. The summed E-state index contributed by atoms with van der Waals surface area (Å²) in [5.41, 5.74) is 4.24. The van der Waals surface area contributed by atoms with E-state index in [9.17, 15) is 4.39 Å². The third kappa shape index (κ3) is 2.84. The minimum absolute atomic E-state index is 0.0848. The number of hydrogen-bond acceptors (Lipinski definition) is 3. The zero-order valence-electron chi connectivity index (χ0n) is 9.29. The Labute approximate surface area is 114 Å². The van der Waals surface area contributed by atoms with Crippen LogP contribution in [-0.2, 0) is 6.42 Å². The van der Waals surface area contributed by atoms with Crippen molar-refractivity contribution in [2.75, 3.05) is 0 Å². The molecule has 3 nitrogen and oxygen atoms in total. The highest BCUT2D eigenvalue weighted by molar-refractivity contribution is 6.30. The lowest BCUT2D eigenvalue weighted by molar-refractivity contribution is 0.526. The van der Waals surface area contributed by atoms with Crippen molar-refractivity contribution in [2.24, 2.45) is 5.84 Å². The largest absolute Gasteiger partial charge is 0.453 e. The molecule has 1 heterocycles. The van der Waals surface area contributed by atoms with Crippen LogP contribution >= 0.6 is 23.2 Å². The predicted octanol–water partition coefficient (Wildman–Crippen LogP) is 3.47. The van der Waals surface area contributed by atoms with E-state index in [-0.39, 0.29) is 16.3 Å². The lowest BCUT2D eigenvalue weighted by Gasteiger charge is -2.15. The lowest BCUT2D eigenvalue weighted by atomic mass is 10.0. The second-order valence-electron chi connectivity index (χ2n) is 3.82. The Morgan fingerprint density at radius 3 is 2.67 bits per heavy atom. The Balaban J connectivity index is 2.20. The summed E-state index contributed by atoms with van der Waals surface area (Å²) in [6.45, 7) is 0. The van der Waals surface area contributed by atoms with Crippen molar-refractivity contribution in [3.05, 3.63) is 57.7 Å². The normalized spacial score (nSPS) is 12.7. The molecule has 0 aliphatic rings. The number of benzene rings is 1. The van der Waals surface area contributed by atoms with Crippen LogP contribution in [0.5, 0.6) is 0 Å². The molecule has 96 valence electrons. The number of furan rings is 1. The molecule has 1 unspecified atom stereocenters. The van der Waals surface area contributed by atoms with Gasteiger partial charge in [0.2, 0.25) is 0 Å². The van der Waals surface area contributed by atoms with Crippen LogP contribution in [-0.4, -0.2) is 0 Å². The van der Waals surface area contributed by atoms with Gasteiger partial charge in [0, 0.05) is 5.56 Å². The first kappa shape index (κ1) is 13.4. The molecule has 2 aromatic rings. The predicted molar refractivity (Wildman–Crippen MR) is 68.9 cm³/mol. The van der Waals surface area contributed by atoms with E-state index < -0.39 is 5.82 Å². The smallest absolute Gasteiger partial charge is 0.197 e. The van der Waals surface area contributed by atoms with Crippen LogP contribution in [0.25, 0.3) is 0 Å². The van der Waals surface area contributed by atoms with Crippen molar-refractivity contribution < 1.29 is 8.81 Å². The Morgan fingerprint density at radius 2 is 2.11 bits per heavy atom. The van der Waals surface area contributed by atoms with Gasteiger partial charge in [-0.05, 0) is 41.8 Å². The number of halogens is 3. The topological polar surface area (TPSA) is 51.2 Å². The zero-order valence-corrected chi connectivity index (χ0v) is 10.8. The van der Waals surface area contributed by atoms with Crippen molar-refractivity contribution in [1.82, 2.24) is 5.43 Å². The number of rotatable bonds is 4. The summed E-state index contributed by atoms with van der Waals surface area (Å²) in [6, 6.07) is 6.05. The molecule has 1 aromatic carbocycles. The molecule has 0 amide bonds. The molecular formula is C12H11Cl2FN2O. The standard InChI is InChI=1S/C12H11Cl2FN2O/c13-9-5-7(1-2-10(9)15)6-11(17-16)8-3-4-18-12(8)14/h1-5,11,17H,6,16H2. The molecule has 1 atom stereocenters. The van der Waals surface area contributed by atoms with Gasteiger partial charge in [0.15, 0.2) is 5.22 Å². The summed E-state index contributed by atoms with van der Waals surface area (Å²) in [4.78, 5) is 0. The van der Waals surface area contributed by atoms with Crippen molar-refractivity contribution >= 4 is 23.2 Å². The number of nitrogens with two attached hydrogens (primary N) is 1. The third-order valence-corrected chi connectivity index (χ3v) is 3.24. The van der Waals surface area contributed by atoms with Gasteiger partial charge in [-0.3, -0.25) is 11.3 Å². The van der Waals surface area contributed by atoms with E-state index in [1.54, 1.807) is 18.2 Å². The van der Waals surface area contributed by atoms with Gasteiger partial charge in [0.25, 0.3) is 0 Å². The maximum atomic E-state index is 13.0. The summed E-state index contributed by atoms with van der Waals surface area (Å²) in [6.07, 6.45) is 2.01. The first-order valence-corrected chi connectivity index (χ1v) is 6.00. The van der Waals surface area contributed by atoms with E-state index in [4.69, 9.17) is 33.5 Å². The summed E-state index contributed by atoms with van der Waals surface area (Å²) < 4.78 is 18.1. The zero-order chi connectivity index (χ0) is 13.1. The number of hydrogen-bond donors (Lipinski definition) is 2. The van der Waals surface area contributed by atoms with Crippen molar-refractivity contribution in [2.45, 2.75) is 12.5 Å². The molecule has 0 saturated carbocycles. The van der Waals surface area contributed by atoms with Crippen LogP contribution in [0.4, 0.5) is 4.39 Å². The molecule has 0 aliphatic carbocycles. The Bertz CT molecular complexity index is 545. The van der Waals surface area contributed by atoms with Crippen LogP contribution in [0.1, 0.15) is 17.2 Å². The Hall–Kier alpha value is -1.07. The van der Waals surface area contributed by atoms with E-state index in [2.05, 4.69) is 5.43 Å². The Kier molecular flexibility index (Phi) is 4.24. The van der Waals surface area contributed by atoms with Crippen LogP contribution in [0.2, 0.25) is 10.2 Å². The minimum atomic E-state index is -0.445. The highest BCUT2D eigenvalue weighted by Gasteiger charge is 2.16. The quantitative estimate of drug-likeness (QED) is 0.669. The van der Waals surface area contributed by atoms with Gasteiger partial charge in [0.05, 0.1) is 17.3 Å². The molecule has 2 rings (SSSR count). The monoisotopic (exact) mass is 288 g/mol. The van der Waals surface area contributed by atoms with E-state index in [0.717, 1.165) is 11.1 Å². The number of hydrazine groups is 1. The molecule has 0 radical (unpaired) electrons. The fraction of sp³-hybridized carbons (Fsp3) is 0.167. The highest BCUT2D eigenvalue weighted by Crippen LogP contribution is 2.27. The SMILES string of the molecule is NNC(Cc1ccc(F)c(Cl)c1)c1ccoc1Cl. The first-order chi connectivity index (χ1) is 8.61. The molecule has 0 fully saturated rings. The molecule has 0 aliphatic heterocycles. The van der Waals surface area contributed by atoms with Crippen LogP contribution in [0, 0.1) is 5.82 Å². The van der Waals surface area contributed by atoms with Gasteiger partial charge in [-0.15, -0.1) is 0 Å². The second kappa shape index (κ2) is 5.71. The third-order valence-electron chi connectivity index (χ3n) is 2.65. The van der Waals surface area contributed by atoms with Gasteiger partial charge < -0.3 is 4.42 Å². The van der Waals surface area contributed by atoms with E-state index in [1.807, 2.05) is 0 Å².